The molecule has 2 aromatic rings. The molecule has 0 aromatic heterocycles. The van der Waals surface area contributed by atoms with Crippen LogP contribution in [0.25, 0.3) is 0 Å². The Bertz CT molecular complexity index is 837. The van der Waals surface area contributed by atoms with Gasteiger partial charge in [0.15, 0.2) is 0 Å². The molecule has 1 fully saturated rings. The Morgan fingerprint density at radius 3 is 2.29 bits per heavy atom. The summed E-state index contributed by atoms with van der Waals surface area (Å²) in [5, 5.41) is 9.45. The van der Waals surface area contributed by atoms with Crippen LogP contribution in [0.1, 0.15) is 27.9 Å². The average Bonchev–Trinajstić information content (AvgIpc) is 3.04. The zero-order chi connectivity index (χ0) is 20.3. The van der Waals surface area contributed by atoms with E-state index >= 15 is 0 Å². The number of benzene rings is 2. The third-order valence-electron chi connectivity index (χ3n) is 4.60. The Hall–Kier alpha value is -2.87. The van der Waals surface area contributed by atoms with Crippen molar-refractivity contribution in [2.24, 2.45) is 0 Å². The Morgan fingerprint density at radius 2 is 1.71 bits per heavy atom. The molecule has 8 heteroatoms. The van der Waals surface area contributed by atoms with E-state index in [1.165, 1.54) is 12.1 Å². The third-order valence-corrected chi connectivity index (χ3v) is 4.60. The molecular weight excluding hydrogens is 375 g/mol. The lowest BCUT2D eigenvalue weighted by Crippen LogP contribution is -2.35. The summed E-state index contributed by atoms with van der Waals surface area (Å²) in [4.78, 5) is 25.3. The number of carboxylic acid groups (broad SMARTS) is 1. The molecule has 2 atom stereocenters. The van der Waals surface area contributed by atoms with Crippen molar-refractivity contribution >= 4 is 11.9 Å². The van der Waals surface area contributed by atoms with Gasteiger partial charge in [-0.2, -0.15) is 13.2 Å². The number of aliphatic carboxylic acids is 1. The van der Waals surface area contributed by atoms with Crippen molar-refractivity contribution in [1.82, 2.24) is 4.90 Å². The van der Waals surface area contributed by atoms with Crippen LogP contribution in [0.15, 0.2) is 54.6 Å². The number of likely N-dealkylation sites (tertiary alicyclic amines) is 1. The second-order valence-corrected chi connectivity index (χ2v) is 6.61. The van der Waals surface area contributed by atoms with Gasteiger partial charge in [0, 0.05) is 19.5 Å². The van der Waals surface area contributed by atoms with E-state index in [1.807, 2.05) is 0 Å². The third kappa shape index (κ3) is 4.69. The van der Waals surface area contributed by atoms with E-state index in [2.05, 4.69) is 0 Å². The molecule has 1 heterocycles. The summed E-state index contributed by atoms with van der Waals surface area (Å²) in [6, 6.07) is 12.1. The lowest BCUT2D eigenvalue weighted by Gasteiger charge is -2.21. The molecule has 1 aliphatic heterocycles. The summed E-state index contributed by atoms with van der Waals surface area (Å²) < 4.78 is 43.4. The van der Waals surface area contributed by atoms with Crippen LogP contribution in [0.2, 0.25) is 0 Å². The number of esters is 1. The normalized spacial score (nSPS) is 20.1. The van der Waals surface area contributed by atoms with Crippen molar-refractivity contribution < 1.29 is 32.6 Å². The zero-order valence-corrected chi connectivity index (χ0v) is 14.7. The number of carbonyl (C=O) groups is 2. The Morgan fingerprint density at radius 1 is 1.07 bits per heavy atom. The van der Waals surface area contributed by atoms with E-state index in [9.17, 15) is 27.9 Å². The first kappa shape index (κ1) is 19.9. The van der Waals surface area contributed by atoms with Gasteiger partial charge < -0.3 is 9.84 Å². The summed E-state index contributed by atoms with van der Waals surface area (Å²) in [5.74, 6) is -1.60. The van der Waals surface area contributed by atoms with Crippen LogP contribution >= 0.6 is 0 Å². The fourth-order valence-corrected chi connectivity index (χ4v) is 3.21. The Balaban J connectivity index is 1.67. The first-order valence-electron chi connectivity index (χ1n) is 8.63. The summed E-state index contributed by atoms with van der Waals surface area (Å²) in [6.07, 6.45) is -4.91. The van der Waals surface area contributed by atoms with Crippen LogP contribution in [0, 0.1) is 0 Å². The molecule has 2 unspecified atom stereocenters. The number of carbonyl (C=O) groups excluding carboxylic acids is 1. The predicted molar refractivity (Wildman–Crippen MR) is 93.5 cm³/mol. The zero-order valence-electron chi connectivity index (χ0n) is 14.7. The monoisotopic (exact) mass is 393 g/mol. The minimum atomic E-state index is -4.42. The quantitative estimate of drug-likeness (QED) is 0.787. The van der Waals surface area contributed by atoms with Crippen molar-refractivity contribution in [3.8, 4) is 0 Å². The number of halogens is 3. The highest BCUT2D eigenvalue weighted by molar-refractivity contribution is 5.89. The Kier molecular flexibility index (Phi) is 5.69. The summed E-state index contributed by atoms with van der Waals surface area (Å²) in [7, 11) is 0. The highest BCUT2D eigenvalue weighted by Crippen LogP contribution is 2.30. The smallest absolute Gasteiger partial charge is 0.416 e. The highest BCUT2D eigenvalue weighted by Gasteiger charge is 2.39. The van der Waals surface area contributed by atoms with E-state index < -0.39 is 35.8 Å². The topological polar surface area (TPSA) is 66.8 Å². The van der Waals surface area contributed by atoms with E-state index in [0.717, 1.165) is 12.1 Å². The number of hydrogen-bond donors (Lipinski definition) is 1. The average molecular weight is 393 g/mol. The summed E-state index contributed by atoms with van der Waals surface area (Å²) in [5.41, 5.74) is 0.159. The fraction of sp³-hybridized carbons (Fsp3) is 0.300. The molecule has 0 spiro atoms. The standard InChI is InChI=1S/C20H18F3NO4/c21-20(22,23)15-8-6-13(7-9-15)11-24-12-16(10-17(24)18(25)26)28-19(27)14-4-2-1-3-5-14/h1-9,16-17H,10-12H2,(H,25,26). The molecule has 0 amide bonds. The molecule has 0 saturated carbocycles. The van der Waals surface area contributed by atoms with Crippen molar-refractivity contribution in [2.75, 3.05) is 6.54 Å². The SMILES string of the molecule is O=C(OC1CC(C(=O)O)N(Cc2ccc(C(F)(F)F)cc2)C1)c1ccccc1. The molecule has 0 bridgehead atoms. The van der Waals surface area contributed by atoms with Crippen molar-refractivity contribution in [1.29, 1.82) is 0 Å². The minimum absolute atomic E-state index is 0.120. The van der Waals surface area contributed by atoms with Crippen LogP contribution in [-0.4, -0.2) is 40.6 Å². The largest absolute Gasteiger partial charge is 0.480 e. The first-order chi connectivity index (χ1) is 13.2. The number of rotatable bonds is 5. The maximum atomic E-state index is 12.7. The maximum Gasteiger partial charge on any atom is 0.416 e. The molecule has 1 saturated heterocycles. The van der Waals surface area contributed by atoms with Gasteiger partial charge in [0.2, 0.25) is 0 Å². The first-order valence-corrected chi connectivity index (χ1v) is 8.63. The van der Waals surface area contributed by atoms with Gasteiger partial charge in [0.25, 0.3) is 0 Å². The second-order valence-electron chi connectivity index (χ2n) is 6.61. The lowest BCUT2D eigenvalue weighted by atomic mass is 10.1. The van der Waals surface area contributed by atoms with Gasteiger partial charge in [0.1, 0.15) is 12.1 Å². The number of carboxylic acids is 1. The summed E-state index contributed by atoms with van der Waals surface area (Å²) >= 11 is 0. The van der Waals surface area contributed by atoms with Crippen molar-refractivity contribution in [3.05, 3.63) is 71.3 Å². The molecule has 0 radical (unpaired) electrons. The van der Waals surface area contributed by atoms with E-state index in [-0.39, 0.29) is 19.5 Å². The Labute approximate surface area is 159 Å². The van der Waals surface area contributed by atoms with Gasteiger partial charge in [0.05, 0.1) is 11.1 Å². The van der Waals surface area contributed by atoms with E-state index in [4.69, 9.17) is 4.74 Å². The van der Waals surface area contributed by atoms with Gasteiger partial charge in [-0.05, 0) is 29.8 Å². The molecule has 3 rings (SSSR count). The molecule has 148 valence electrons. The van der Waals surface area contributed by atoms with Crippen LogP contribution < -0.4 is 0 Å². The van der Waals surface area contributed by atoms with Crippen LogP contribution in [-0.2, 0) is 22.3 Å². The van der Waals surface area contributed by atoms with Crippen LogP contribution in [0.3, 0.4) is 0 Å². The maximum absolute atomic E-state index is 12.7. The second kappa shape index (κ2) is 8.02. The predicted octanol–water partition coefficient (Wildman–Crippen LogP) is 3.59. The highest BCUT2D eigenvalue weighted by atomic mass is 19.4. The molecule has 28 heavy (non-hydrogen) atoms. The number of hydrogen-bond acceptors (Lipinski definition) is 4. The number of ether oxygens (including phenoxy) is 1. The van der Waals surface area contributed by atoms with Gasteiger partial charge >= 0.3 is 18.1 Å². The fourth-order valence-electron chi connectivity index (χ4n) is 3.21. The molecular formula is C20H18F3NO4. The molecule has 0 aliphatic carbocycles. The van der Waals surface area contributed by atoms with Crippen LogP contribution in [0.5, 0.6) is 0 Å². The van der Waals surface area contributed by atoms with Crippen molar-refractivity contribution in [2.45, 2.75) is 31.3 Å². The van der Waals surface area contributed by atoms with E-state index in [0.29, 0.717) is 11.1 Å². The molecule has 1 aliphatic rings. The molecule has 2 aromatic carbocycles. The summed E-state index contributed by atoms with van der Waals surface area (Å²) in [6.45, 7) is 0.338. The van der Waals surface area contributed by atoms with Gasteiger partial charge in [-0.25, -0.2) is 4.79 Å². The molecule has 5 nitrogen and oxygen atoms in total. The van der Waals surface area contributed by atoms with Gasteiger partial charge in [-0.3, -0.25) is 9.69 Å². The van der Waals surface area contributed by atoms with Crippen LogP contribution in [0.4, 0.5) is 13.2 Å². The van der Waals surface area contributed by atoms with E-state index in [1.54, 1.807) is 35.2 Å². The van der Waals surface area contributed by atoms with Crippen molar-refractivity contribution in [3.63, 3.8) is 0 Å². The lowest BCUT2D eigenvalue weighted by molar-refractivity contribution is -0.142. The number of nitrogens with zero attached hydrogens (tertiary/aromatic N) is 1. The van der Waals surface area contributed by atoms with Gasteiger partial charge in [-0.15, -0.1) is 0 Å². The minimum Gasteiger partial charge on any atom is -0.480 e. The number of alkyl halides is 3. The molecule has 1 N–H and O–H groups in total. The van der Waals surface area contributed by atoms with Gasteiger partial charge in [-0.1, -0.05) is 30.3 Å².